The number of aromatic amines is 1. The number of hydrogen-bond acceptors (Lipinski definition) is 3. The van der Waals surface area contributed by atoms with Crippen LogP contribution in [0.2, 0.25) is 0 Å². The highest BCUT2D eigenvalue weighted by molar-refractivity contribution is 7.98. The number of H-pyrrole nitrogens is 1. The monoisotopic (exact) mass is 246 g/mol. The molecule has 88 valence electrons. The van der Waals surface area contributed by atoms with Crippen LogP contribution in [0.3, 0.4) is 0 Å². The molecular weight excluding hydrogens is 232 g/mol. The highest BCUT2D eigenvalue weighted by atomic mass is 32.2. The molecule has 1 heterocycles. The lowest BCUT2D eigenvalue weighted by atomic mass is 10.2. The third-order valence-corrected chi connectivity index (χ3v) is 3.54. The molecule has 0 saturated carbocycles. The molecule has 2 aromatic rings. The van der Waals surface area contributed by atoms with Crippen molar-refractivity contribution in [2.45, 2.75) is 24.8 Å². The predicted molar refractivity (Wildman–Crippen MR) is 70.3 cm³/mol. The maximum atomic E-state index is 11.6. The van der Waals surface area contributed by atoms with E-state index in [2.05, 4.69) is 22.1 Å². The molecule has 0 saturated heterocycles. The van der Waals surface area contributed by atoms with Crippen LogP contribution in [0.1, 0.15) is 16.8 Å². The average Bonchev–Trinajstić information content (AvgIpc) is 2.34. The van der Waals surface area contributed by atoms with Gasteiger partial charge in [0, 0.05) is 17.0 Å². The van der Waals surface area contributed by atoms with Crippen molar-refractivity contribution in [3.8, 4) is 0 Å². The van der Waals surface area contributed by atoms with Crippen LogP contribution >= 0.6 is 11.8 Å². The van der Waals surface area contributed by atoms with Gasteiger partial charge in [0.2, 0.25) is 0 Å². The van der Waals surface area contributed by atoms with Gasteiger partial charge >= 0.3 is 0 Å². The Kier molecular flexibility index (Phi) is 3.64. The molecule has 0 amide bonds. The van der Waals surface area contributed by atoms with Crippen molar-refractivity contribution in [2.24, 2.45) is 0 Å². The fourth-order valence-corrected chi connectivity index (χ4v) is 2.28. The summed E-state index contributed by atoms with van der Waals surface area (Å²) in [5.74, 6) is 0.812. The van der Waals surface area contributed by atoms with Gasteiger partial charge in [-0.1, -0.05) is 42.1 Å². The Balaban J connectivity index is 2.13. The lowest BCUT2D eigenvalue weighted by molar-refractivity contribution is 0.883. The summed E-state index contributed by atoms with van der Waals surface area (Å²) < 4.78 is 0. The van der Waals surface area contributed by atoms with E-state index in [0.717, 1.165) is 11.4 Å². The van der Waals surface area contributed by atoms with Crippen molar-refractivity contribution in [3.05, 3.63) is 57.5 Å². The molecule has 0 radical (unpaired) electrons. The summed E-state index contributed by atoms with van der Waals surface area (Å²) in [6, 6.07) is 10.1. The zero-order valence-corrected chi connectivity index (χ0v) is 10.7. The van der Waals surface area contributed by atoms with Gasteiger partial charge in [0.15, 0.2) is 5.16 Å². The first-order valence-corrected chi connectivity index (χ1v) is 6.39. The first kappa shape index (κ1) is 11.9. The lowest BCUT2D eigenvalue weighted by Crippen LogP contribution is -2.13. The van der Waals surface area contributed by atoms with Gasteiger partial charge in [-0.15, -0.1) is 0 Å². The highest BCUT2D eigenvalue weighted by Gasteiger charge is 2.04. The second-order valence-electron chi connectivity index (χ2n) is 3.86. The lowest BCUT2D eigenvalue weighted by Gasteiger charge is -2.03. The Hall–Kier alpha value is -1.55. The average molecular weight is 246 g/mol. The van der Waals surface area contributed by atoms with E-state index in [-0.39, 0.29) is 5.56 Å². The molecule has 1 aromatic carbocycles. The van der Waals surface area contributed by atoms with Crippen LogP contribution < -0.4 is 5.56 Å². The van der Waals surface area contributed by atoms with Crippen molar-refractivity contribution < 1.29 is 0 Å². The molecule has 1 aromatic heterocycles. The molecule has 0 aliphatic heterocycles. The molecule has 2 rings (SSSR count). The zero-order valence-electron chi connectivity index (χ0n) is 9.86. The Morgan fingerprint density at radius 1 is 1.24 bits per heavy atom. The molecule has 0 aliphatic carbocycles. The zero-order chi connectivity index (χ0) is 12.3. The molecule has 3 nitrogen and oxygen atoms in total. The SMILES string of the molecule is Cc1nc(SCc2ccccc2)[nH]c(=O)c1C. The number of aromatic nitrogens is 2. The molecule has 4 heteroatoms. The first-order chi connectivity index (χ1) is 8.16. The Bertz CT molecular complexity index is 563. The molecule has 17 heavy (non-hydrogen) atoms. The largest absolute Gasteiger partial charge is 0.301 e. The minimum absolute atomic E-state index is 0.0481. The molecular formula is C13H14N2OS. The van der Waals surface area contributed by atoms with Gasteiger partial charge in [0.25, 0.3) is 5.56 Å². The molecule has 0 aliphatic rings. The van der Waals surface area contributed by atoms with Gasteiger partial charge in [0.1, 0.15) is 0 Å². The molecule has 0 fully saturated rings. The normalized spacial score (nSPS) is 10.5. The number of nitrogens with one attached hydrogen (secondary N) is 1. The number of aryl methyl sites for hydroxylation is 1. The van der Waals surface area contributed by atoms with E-state index in [4.69, 9.17) is 0 Å². The Labute approximate surface area is 104 Å². The van der Waals surface area contributed by atoms with Crippen LogP contribution in [-0.4, -0.2) is 9.97 Å². The predicted octanol–water partition coefficient (Wildman–Crippen LogP) is 2.68. The molecule has 1 N–H and O–H groups in total. The Morgan fingerprint density at radius 3 is 2.59 bits per heavy atom. The van der Waals surface area contributed by atoms with Crippen molar-refractivity contribution in [1.29, 1.82) is 0 Å². The number of nitrogens with zero attached hydrogens (tertiary/aromatic N) is 1. The van der Waals surface area contributed by atoms with E-state index in [1.807, 2.05) is 25.1 Å². The van der Waals surface area contributed by atoms with Gasteiger partial charge < -0.3 is 4.98 Å². The van der Waals surface area contributed by atoms with Crippen LogP contribution in [0, 0.1) is 13.8 Å². The molecule has 0 spiro atoms. The van der Waals surface area contributed by atoms with Crippen molar-refractivity contribution in [2.75, 3.05) is 0 Å². The van der Waals surface area contributed by atoms with Gasteiger partial charge in [-0.25, -0.2) is 4.98 Å². The van der Waals surface area contributed by atoms with E-state index >= 15 is 0 Å². The third-order valence-electron chi connectivity index (χ3n) is 2.59. The quantitative estimate of drug-likeness (QED) is 0.669. The summed E-state index contributed by atoms with van der Waals surface area (Å²) in [6.07, 6.45) is 0. The highest BCUT2D eigenvalue weighted by Crippen LogP contribution is 2.18. The van der Waals surface area contributed by atoms with Crippen LogP contribution in [0.15, 0.2) is 40.3 Å². The number of rotatable bonds is 3. The van der Waals surface area contributed by atoms with Gasteiger partial charge in [-0.2, -0.15) is 0 Å². The van der Waals surface area contributed by atoms with Gasteiger partial charge in [-0.3, -0.25) is 4.79 Å². The summed E-state index contributed by atoms with van der Waals surface area (Å²) >= 11 is 1.54. The van der Waals surface area contributed by atoms with E-state index in [0.29, 0.717) is 10.7 Å². The van der Waals surface area contributed by atoms with Crippen molar-refractivity contribution in [3.63, 3.8) is 0 Å². The summed E-state index contributed by atoms with van der Waals surface area (Å²) in [4.78, 5) is 18.7. The van der Waals surface area contributed by atoms with E-state index in [1.165, 1.54) is 5.56 Å². The fourth-order valence-electron chi connectivity index (χ4n) is 1.41. The molecule has 0 atom stereocenters. The molecule has 0 unspecified atom stereocenters. The smallest absolute Gasteiger partial charge is 0.254 e. The van der Waals surface area contributed by atoms with Crippen molar-refractivity contribution >= 4 is 11.8 Å². The maximum Gasteiger partial charge on any atom is 0.254 e. The maximum absolute atomic E-state index is 11.6. The number of hydrogen-bond donors (Lipinski definition) is 1. The summed E-state index contributed by atoms with van der Waals surface area (Å²) in [5, 5.41) is 0.682. The second-order valence-corrected chi connectivity index (χ2v) is 4.82. The minimum atomic E-state index is -0.0481. The van der Waals surface area contributed by atoms with Gasteiger partial charge in [0.05, 0.1) is 0 Å². The minimum Gasteiger partial charge on any atom is -0.301 e. The van der Waals surface area contributed by atoms with Crippen LogP contribution in [0.25, 0.3) is 0 Å². The van der Waals surface area contributed by atoms with Crippen LogP contribution in [-0.2, 0) is 5.75 Å². The molecule has 0 bridgehead atoms. The second kappa shape index (κ2) is 5.19. The number of thioether (sulfide) groups is 1. The van der Waals surface area contributed by atoms with Crippen LogP contribution in [0.4, 0.5) is 0 Å². The van der Waals surface area contributed by atoms with E-state index < -0.39 is 0 Å². The van der Waals surface area contributed by atoms with Crippen LogP contribution in [0.5, 0.6) is 0 Å². The van der Waals surface area contributed by atoms with E-state index in [9.17, 15) is 4.79 Å². The summed E-state index contributed by atoms with van der Waals surface area (Å²) in [7, 11) is 0. The summed E-state index contributed by atoms with van der Waals surface area (Å²) in [6.45, 7) is 3.64. The Morgan fingerprint density at radius 2 is 1.94 bits per heavy atom. The first-order valence-electron chi connectivity index (χ1n) is 5.41. The topological polar surface area (TPSA) is 45.8 Å². The van der Waals surface area contributed by atoms with Gasteiger partial charge in [-0.05, 0) is 19.4 Å². The fraction of sp³-hybridized carbons (Fsp3) is 0.231. The number of benzene rings is 1. The third kappa shape index (κ3) is 2.97. The standard InChI is InChI=1S/C13H14N2OS/c1-9-10(2)14-13(15-12(9)16)17-8-11-6-4-3-5-7-11/h3-7H,8H2,1-2H3,(H,14,15,16). The van der Waals surface area contributed by atoms with E-state index in [1.54, 1.807) is 18.7 Å². The van der Waals surface area contributed by atoms with Crippen molar-refractivity contribution in [1.82, 2.24) is 9.97 Å². The summed E-state index contributed by atoms with van der Waals surface area (Å²) in [5.41, 5.74) is 2.66.